The van der Waals surface area contributed by atoms with Crippen LogP contribution in [0.5, 0.6) is 0 Å². The Balaban J connectivity index is 1.33. The van der Waals surface area contributed by atoms with Crippen LogP contribution in [0.15, 0.2) is 78.9 Å². The highest BCUT2D eigenvalue weighted by atomic mass is 32.1. The summed E-state index contributed by atoms with van der Waals surface area (Å²) >= 11 is 7.13. The molecule has 1 aromatic heterocycles. The fraction of sp³-hybridized carbons (Fsp3) is 0.0909. The number of nitrogens with zero attached hydrogens (tertiary/aromatic N) is 1. The summed E-state index contributed by atoms with van der Waals surface area (Å²) in [5.41, 5.74) is 4.50. The van der Waals surface area contributed by atoms with Crippen LogP contribution in [-0.2, 0) is 13.0 Å². The Labute approximate surface area is 168 Å². The van der Waals surface area contributed by atoms with E-state index in [-0.39, 0.29) is 0 Å². The number of hydrogen-bond acceptors (Lipinski definition) is 3. The molecule has 134 valence electrons. The highest BCUT2D eigenvalue weighted by molar-refractivity contribution is 7.80. The summed E-state index contributed by atoms with van der Waals surface area (Å²) in [5.74, 6) is 0. The number of thiazole rings is 1. The summed E-state index contributed by atoms with van der Waals surface area (Å²) in [4.78, 5) is 4.70. The lowest BCUT2D eigenvalue weighted by molar-refractivity contribution is 0.926. The van der Waals surface area contributed by atoms with Crippen molar-refractivity contribution in [3.63, 3.8) is 0 Å². The van der Waals surface area contributed by atoms with Crippen LogP contribution in [0.2, 0.25) is 0 Å². The largest absolute Gasteiger partial charge is 0.358 e. The predicted octanol–water partition coefficient (Wildman–Crippen LogP) is 5.37. The molecule has 0 saturated heterocycles. The van der Waals surface area contributed by atoms with Crippen LogP contribution in [0.25, 0.3) is 10.2 Å². The molecule has 0 aliphatic heterocycles. The average Bonchev–Trinajstić information content (AvgIpc) is 3.11. The fourth-order valence-electron chi connectivity index (χ4n) is 2.83. The Hall–Kier alpha value is -2.76. The van der Waals surface area contributed by atoms with Crippen LogP contribution in [0, 0.1) is 0 Å². The normalized spacial score (nSPS) is 10.7. The minimum Gasteiger partial charge on any atom is -0.358 e. The summed E-state index contributed by atoms with van der Waals surface area (Å²) in [5, 5.41) is 8.22. The van der Waals surface area contributed by atoms with Crippen molar-refractivity contribution in [3.8, 4) is 0 Å². The van der Waals surface area contributed by atoms with Gasteiger partial charge in [0.15, 0.2) is 5.11 Å². The van der Waals surface area contributed by atoms with Crippen molar-refractivity contribution >= 4 is 44.6 Å². The van der Waals surface area contributed by atoms with Gasteiger partial charge in [-0.2, -0.15) is 0 Å². The lowest BCUT2D eigenvalue weighted by Gasteiger charge is -2.11. The molecule has 5 heteroatoms. The molecule has 27 heavy (non-hydrogen) atoms. The van der Waals surface area contributed by atoms with E-state index in [2.05, 4.69) is 65.2 Å². The number of fused-ring (bicyclic) bond motifs is 1. The maximum Gasteiger partial charge on any atom is 0.171 e. The number of thiocarbonyl (C=S) groups is 1. The van der Waals surface area contributed by atoms with Gasteiger partial charge in [0.1, 0.15) is 0 Å². The molecule has 0 amide bonds. The van der Waals surface area contributed by atoms with Gasteiger partial charge >= 0.3 is 0 Å². The van der Waals surface area contributed by atoms with Crippen LogP contribution in [0.1, 0.15) is 16.1 Å². The molecule has 0 spiro atoms. The smallest absolute Gasteiger partial charge is 0.171 e. The molecule has 0 unspecified atom stereocenters. The molecule has 4 aromatic rings. The van der Waals surface area contributed by atoms with E-state index in [1.54, 1.807) is 11.3 Å². The van der Waals surface area contributed by atoms with Crippen LogP contribution in [0.3, 0.4) is 0 Å². The van der Waals surface area contributed by atoms with E-state index in [0.29, 0.717) is 11.7 Å². The number of aromatic nitrogens is 1. The minimum atomic E-state index is 0.623. The molecule has 0 aliphatic rings. The molecule has 0 bridgehead atoms. The first-order chi connectivity index (χ1) is 13.3. The molecular weight excluding hydrogens is 370 g/mol. The van der Waals surface area contributed by atoms with Gasteiger partial charge in [-0.25, -0.2) is 4.98 Å². The number of nitrogens with one attached hydrogen (secondary N) is 2. The second kappa shape index (κ2) is 8.29. The predicted molar refractivity (Wildman–Crippen MR) is 118 cm³/mol. The molecule has 2 N–H and O–H groups in total. The van der Waals surface area contributed by atoms with Gasteiger partial charge in [0, 0.05) is 18.7 Å². The van der Waals surface area contributed by atoms with Gasteiger partial charge < -0.3 is 10.6 Å². The number of hydrogen-bond donors (Lipinski definition) is 2. The average molecular weight is 390 g/mol. The Bertz CT molecular complexity index is 1010. The van der Waals surface area contributed by atoms with E-state index >= 15 is 0 Å². The molecule has 1 heterocycles. The van der Waals surface area contributed by atoms with Crippen molar-refractivity contribution in [2.24, 2.45) is 0 Å². The molecule has 0 radical (unpaired) electrons. The quantitative estimate of drug-likeness (QED) is 0.450. The zero-order valence-corrected chi connectivity index (χ0v) is 16.3. The molecule has 0 atom stereocenters. The molecule has 0 fully saturated rings. The van der Waals surface area contributed by atoms with Gasteiger partial charge in [0.05, 0.1) is 15.2 Å². The molecule has 4 rings (SSSR count). The summed E-state index contributed by atoms with van der Waals surface area (Å²) in [6.45, 7) is 0.711. The van der Waals surface area contributed by atoms with Gasteiger partial charge in [-0.05, 0) is 47.6 Å². The van der Waals surface area contributed by atoms with Crippen molar-refractivity contribution < 1.29 is 0 Å². The third-order valence-electron chi connectivity index (χ3n) is 4.20. The van der Waals surface area contributed by atoms with Gasteiger partial charge in [0.2, 0.25) is 0 Å². The monoisotopic (exact) mass is 389 g/mol. The van der Waals surface area contributed by atoms with E-state index in [9.17, 15) is 0 Å². The van der Waals surface area contributed by atoms with Gasteiger partial charge in [-0.1, -0.05) is 54.6 Å². The van der Waals surface area contributed by atoms with E-state index < -0.39 is 0 Å². The van der Waals surface area contributed by atoms with E-state index in [1.165, 1.54) is 15.8 Å². The Morgan fingerprint density at radius 3 is 2.37 bits per heavy atom. The van der Waals surface area contributed by atoms with Crippen LogP contribution >= 0.6 is 23.6 Å². The molecule has 3 aromatic carbocycles. The molecular formula is C22H19N3S2. The molecule has 0 saturated carbocycles. The van der Waals surface area contributed by atoms with Gasteiger partial charge in [-0.3, -0.25) is 0 Å². The summed E-state index contributed by atoms with van der Waals surface area (Å²) < 4.78 is 1.24. The van der Waals surface area contributed by atoms with E-state index in [4.69, 9.17) is 17.2 Å². The van der Waals surface area contributed by atoms with Crippen molar-refractivity contribution in [2.75, 3.05) is 5.32 Å². The lowest BCUT2D eigenvalue weighted by atomic mass is 10.1. The second-order valence-electron chi connectivity index (χ2n) is 6.24. The SMILES string of the molecule is S=C(NCc1ccccc1)Nc1ccc(Cc2nc3ccccc3s2)cc1. The highest BCUT2D eigenvalue weighted by Gasteiger charge is 2.05. The standard InChI is InChI=1S/C22H19N3S2/c26-22(23-15-17-6-2-1-3-7-17)24-18-12-10-16(11-13-18)14-21-25-19-8-4-5-9-20(19)27-21/h1-13H,14-15H2,(H2,23,24,26). The second-order valence-corrected chi connectivity index (χ2v) is 7.77. The van der Waals surface area contributed by atoms with Gasteiger partial charge in [0.25, 0.3) is 0 Å². The third-order valence-corrected chi connectivity index (χ3v) is 5.48. The summed E-state index contributed by atoms with van der Waals surface area (Å²) in [6.07, 6.45) is 0.844. The number of para-hydroxylation sites is 1. The van der Waals surface area contributed by atoms with Crippen molar-refractivity contribution in [2.45, 2.75) is 13.0 Å². The first-order valence-corrected chi connectivity index (χ1v) is 10.0. The lowest BCUT2D eigenvalue weighted by Crippen LogP contribution is -2.27. The number of anilines is 1. The molecule has 3 nitrogen and oxygen atoms in total. The van der Waals surface area contributed by atoms with Crippen LogP contribution in [0.4, 0.5) is 5.69 Å². The Morgan fingerprint density at radius 2 is 1.59 bits per heavy atom. The Morgan fingerprint density at radius 1 is 0.852 bits per heavy atom. The maximum atomic E-state index is 5.38. The first kappa shape index (κ1) is 17.6. The first-order valence-electron chi connectivity index (χ1n) is 8.78. The third kappa shape index (κ3) is 4.70. The number of rotatable bonds is 5. The summed E-state index contributed by atoms with van der Waals surface area (Å²) in [7, 11) is 0. The minimum absolute atomic E-state index is 0.623. The van der Waals surface area contributed by atoms with E-state index in [1.807, 2.05) is 24.3 Å². The van der Waals surface area contributed by atoms with Gasteiger partial charge in [-0.15, -0.1) is 11.3 Å². The van der Waals surface area contributed by atoms with Crippen molar-refractivity contribution in [3.05, 3.63) is 95.0 Å². The van der Waals surface area contributed by atoms with Crippen molar-refractivity contribution in [1.82, 2.24) is 10.3 Å². The van der Waals surface area contributed by atoms with Crippen LogP contribution < -0.4 is 10.6 Å². The zero-order valence-electron chi connectivity index (χ0n) is 14.7. The topological polar surface area (TPSA) is 37.0 Å². The molecule has 0 aliphatic carbocycles. The fourth-order valence-corrected chi connectivity index (χ4v) is 4.02. The zero-order chi connectivity index (χ0) is 18.5. The van der Waals surface area contributed by atoms with Crippen molar-refractivity contribution in [1.29, 1.82) is 0 Å². The van der Waals surface area contributed by atoms with Crippen LogP contribution in [-0.4, -0.2) is 10.1 Å². The Kier molecular flexibility index (Phi) is 5.42. The summed E-state index contributed by atoms with van der Waals surface area (Å²) in [6, 6.07) is 26.8. The number of benzene rings is 3. The highest BCUT2D eigenvalue weighted by Crippen LogP contribution is 2.24. The van der Waals surface area contributed by atoms with E-state index in [0.717, 1.165) is 22.6 Å². The maximum absolute atomic E-state index is 5.38.